The quantitative estimate of drug-likeness (QED) is 0.793. The molecule has 0 aliphatic carbocycles. The summed E-state index contributed by atoms with van der Waals surface area (Å²) in [5.41, 5.74) is 7.32. The molecule has 1 aromatic rings. The highest BCUT2D eigenvalue weighted by Crippen LogP contribution is 2.17. The highest BCUT2D eigenvalue weighted by Gasteiger charge is 2.28. The fraction of sp³-hybridized carbons (Fsp3) is 0.636. The molecule has 1 aromatic heterocycles. The van der Waals surface area contributed by atoms with Crippen LogP contribution in [0.15, 0.2) is 23.0 Å². The molecule has 2 N–H and O–H groups in total. The Balaban J connectivity index is 2.62. The van der Waals surface area contributed by atoms with Crippen molar-refractivity contribution in [2.75, 3.05) is 14.1 Å². The van der Waals surface area contributed by atoms with Crippen LogP contribution in [0.4, 0.5) is 0 Å². The molecule has 0 spiro atoms. The first-order valence-corrected chi connectivity index (χ1v) is 4.88. The molecule has 1 rings (SSSR count). The average Bonchev–Trinajstić information content (AvgIpc) is 2.56. The summed E-state index contributed by atoms with van der Waals surface area (Å²) in [7, 11) is 4.10. The van der Waals surface area contributed by atoms with Crippen LogP contribution in [0.5, 0.6) is 0 Å². The molecule has 0 aromatic carbocycles. The van der Waals surface area contributed by atoms with Crippen molar-refractivity contribution < 1.29 is 4.42 Å². The van der Waals surface area contributed by atoms with E-state index < -0.39 is 0 Å². The third-order valence-electron chi connectivity index (χ3n) is 3.10. The first-order chi connectivity index (χ1) is 6.44. The van der Waals surface area contributed by atoms with Crippen molar-refractivity contribution in [1.29, 1.82) is 0 Å². The fourth-order valence-electron chi connectivity index (χ4n) is 1.24. The van der Waals surface area contributed by atoms with E-state index in [1.165, 1.54) is 0 Å². The van der Waals surface area contributed by atoms with E-state index in [9.17, 15) is 0 Å². The first-order valence-electron chi connectivity index (χ1n) is 4.88. The van der Waals surface area contributed by atoms with Gasteiger partial charge < -0.3 is 15.1 Å². The molecule has 1 unspecified atom stereocenters. The molecule has 80 valence electrons. The summed E-state index contributed by atoms with van der Waals surface area (Å²) in [4.78, 5) is 2.15. The van der Waals surface area contributed by atoms with Crippen molar-refractivity contribution >= 4 is 0 Å². The van der Waals surface area contributed by atoms with Crippen LogP contribution in [0.3, 0.4) is 0 Å². The molecule has 3 nitrogen and oxygen atoms in total. The summed E-state index contributed by atoms with van der Waals surface area (Å²) in [6.45, 7) is 4.30. The van der Waals surface area contributed by atoms with E-state index in [1.807, 2.05) is 6.07 Å². The van der Waals surface area contributed by atoms with Gasteiger partial charge in [-0.1, -0.05) is 0 Å². The number of nitrogens with two attached hydrogens (primary N) is 1. The molecular weight excluding hydrogens is 176 g/mol. The SMILES string of the molecule is CN(C)C(C)(C)C(N)Cc1ccoc1. The molecule has 0 aliphatic heterocycles. The van der Waals surface area contributed by atoms with Crippen LogP contribution in [0.2, 0.25) is 0 Å². The van der Waals surface area contributed by atoms with Gasteiger partial charge in [-0.15, -0.1) is 0 Å². The number of furan rings is 1. The molecule has 0 bridgehead atoms. The van der Waals surface area contributed by atoms with E-state index in [2.05, 4.69) is 32.8 Å². The Morgan fingerprint density at radius 2 is 2.14 bits per heavy atom. The fourth-order valence-corrected chi connectivity index (χ4v) is 1.24. The zero-order valence-electron chi connectivity index (χ0n) is 9.45. The molecule has 0 aliphatic rings. The van der Waals surface area contributed by atoms with Crippen LogP contribution >= 0.6 is 0 Å². The van der Waals surface area contributed by atoms with Crippen molar-refractivity contribution in [3.8, 4) is 0 Å². The van der Waals surface area contributed by atoms with Gasteiger partial charge in [-0.25, -0.2) is 0 Å². The Morgan fingerprint density at radius 3 is 2.57 bits per heavy atom. The van der Waals surface area contributed by atoms with Crippen LogP contribution in [0.1, 0.15) is 19.4 Å². The molecule has 3 heteroatoms. The second-order valence-electron chi connectivity index (χ2n) is 4.49. The highest BCUT2D eigenvalue weighted by atomic mass is 16.3. The van der Waals surface area contributed by atoms with Gasteiger partial charge in [0.05, 0.1) is 12.5 Å². The van der Waals surface area contributed by atoms with Crippen LogP contribution in [-0.2, 0) is 6.42 Å². The zero-order chi connectivity index (χ0) is 10.8. The van der Waals surface area contributed by atoms with Crippen molar-refractivity contribution in [1.82, 2.24) is 4.90 Å². The van der Waals surface area contributed by atoms with Gasteiger partial charge >= 0.3 is 0 Å². The van der Waals surface area contributed by atoms with Crippen LogP contribution in [0, 0.1) is 0 Å². The molecule has 0 saturated heterocycles. The standard InChI is InChI=1S/C11H20N2O/c1-11(2,13(3)4)10(12)7-9-5-6-14-8-9/h5-6,8,10H,7,12H2,1-4H3. The largest absolute Gasteiger partial charge is 0.472 e. The summed E-state index contributed by atoms with van der Waals surface area (Å²) in [5.74, 6) is 0. The smallest absolute Gasteiger partial charge is 0.0935 e. The van der Waals surface area contributed by atoms with Crippen molar-refractivity contribution in [2.45, 2.75) is 31.8 Å². The Hall–Kier alpha value is -0.800. The third-order valence-corrected chi connectivity index (χ3v) is 3.10. The number of hydrogen-bond acceptors (Lipinski definition) is 3. The maximum absolute atomic E-state index is 6.16. The Morgan fingerprint density at radius 1 is 1.50 bits per heavy atom. The third kappa shape index (κ3) is 2.36. The average molecular weight is 196 g/mol. The van der Waals surface area contributed by atoms with E-state index in [0.29, 0.717) is 0 Å². The Labute approximate surface area is 85.9 Å². The van der Waals surface area contributed by atoms with Gasteiger partial charge in [-0.2, -0.15) is 0 Å². The van der Waals surface area contributed by atoms with E-state index in [0.717, 1.165) is 12.0 Å². The first kappa shape index (κ1) is 11.3. The summed E-state index contributed by atoms with van der Waals surface area (Å²) >= 11 is 0. The number of likely N-dealkylation sites (N-methyl/N-ethyl adjacent to an activating group) is 1. The van der Waals surface area contributed by atoms with E-state index >= 15 is 0 Å². The van der Waals surface area contributed by atoms with Crippen molar-refractivity contribution in [3.05, 3.63) is 24.2 Å². The van der Waals surface area contributed by atoms with Crippen molar-refractivity contribution in [3.63, 3.8) is 0 Å². The maximum Gasteiger partial charge on any atom is 0.0935 e. The van der Waals surface area contributed by atoms with Gasteiger partial charge in [0, 0.05) is 11.6 Å². The molecule has 0 fully saturated rings. The van der Waals surface area contributed by atoms with E-state index in [1.54, 1.807) is 12.5 Å². The minimum atomic E-state index is -0.00271. The summed E-state index contributed by atoms with van der Waals surface area (Å²) < 4.78 is 5.02. The summed E-state index contributed by atoms with van der Waals surface area (Å²) in [6, 6.07) is 2.07. The lowest BCUT2D eigenvalue weighted by Gasteiger charge is -2.38. The topological polar surface area (TPSA) is 42.4 Å². The number of rotatable bonds is 4. The Bertz CT molecular complexity index is 265. The molecule has 0 saturated carbocycles. The minimum absolute atomic E-state index is 0.00271. The zero-order valence-corrected chi connectivity index (χ0v) is 9.45. The number of hydrogen-bond donors (Lipinski definition) is 1. The highest BCUT2D eigenvalue weighted by molar-refractivity contribution is 5.09. The van der Waals surface area contributed by atoms with Gasteiger partial charge in [-0.3, -0.25) is 0 Å². The second kappa shape index (κ2) is 4.15. The molecule has 0 radical (unpaired) electrons. The van der Waals surface area contributed by atoms with Gasteiger partial charge in [0.2, 0.25) is 0 Å². The molecule has 1 heterocycles. The predicted octanol–water partition coefficient (Wildman–Crippen LogP) is 1.49. The molecule has 0 amide bonds. The normalized spacial score (nSPS) is 14.7. The molecular formula is C11H20N2O. The lowest BCUT2D eigenvalue weighted by molar-refractivity contribution is 0.158. The predicted molar refractivity (Wildman–Crippen MR) is 58.2 cm³/mol. The van der Waals surface area contributed by atoms with Gasteiger partial charge in [0.1, 0.15) is 0 Å². The lowest BCUT2D eigenvalue weighted by Crippen LogP contribution is -2.54. The van der Waals surface area contributed by atoms with Crippen LogP contribution in [0.25, 0.3) is 0 Å². The van der Waals surface area contributed by atoms with Crippen LogP contribution in [-0.4, -0.2) is 30.6 Å². The monoisotopic (exact) mass is 196 g/mol. The van der Waals surface area contributed by atoms with Crippen molar-refractivity contribution in [2.24, 2.45) is 5.73 Å². The molecule has 14 heavy (non-hydrogen) atoms. The van der Waals surface area contributed by atoms with E-state index in [4.69, 9.17) is 10.2 Å². The second-order valence-corrected chi connectivity index (χ2v) is 4.49. The summed E-state index contributed by atoms with van der Waals surface area (Å²) in [6.07, 6.45) is 4.29. The molecule has 1 atom stereocenters. The Kier molecular flexibility index (Phi) is 3.34. The van der Waals surface area contributed by atoms with Gasteiger partial charge in [0.25, 0.3) is 0 Å². The maximum atomic E-state index is 6.16. The number of nitrogens with zero attached hydrogens (tertiary/aromatic N) is 1. The van der Waals surface area contributed by atoms with E-state index in [-0.39, 0.29) is 11.6 Å². The van der Waals surface area contributed by atoms with Crippen LogP contribution < -0.4 is 5.73 Å². The minimum Gasteiger partial charge on any atom is -0.472 e. The summed E-state index contributed by atoms with van der Waals surface area (Å²) in [5, 5.41) is 0. The lowest BCUT2D eigenvalue weighted by atomic mass is 9.90. The van der Waals surface area contributed by atoms with Gasteiger partial charge in [0.15, 0.2) is 0 Å². The van der Waals surface area contributed by atoms with Gasteiger partial charge in [-0.05, 0) is 46.0 Å².